The van der Waals surface area contributed by atoms with Crippen LogP contribution in [0.4, 0.5) is 0 Å². The average molecular weight is 468 g/mol. The molecule has 0 atom stereocenters. The number of ketones is 1. The lowest BCUT2D eigenvalue weighted by Crippen LogP contribution is -2.23. The third-order valence-corrected chi connectivity index (χ3v) is 6.59. The SMILES string of the molecule is O=C1CCN(CCCOc2ccc(Cc3c(-c4ccc(O)cc4)ccc4cc(O)ccc34)cc2)C1. The Labute approximate surface area is 205 Å². The van der Waals surface area contributed by atoms with Crippen LogP contribution in [0.5, 0.6) is 17.2 Å². The van der Waals surface area contributed by atoms with E-state index in [2.05, 4.69) is 23.1 Å². The number of phenolic OH excluding ortho intramolecular Hbond substituents is 2. The van der Waals surface area contributed by atoms with Crippen molar-refractivity contribution in [3.8, 4) is 28.4 Å². The van der Waals surface area contributed by atoms with Gasteiger partial charge in [0.2, 0.25) is 0 Å². The summed E-state index contributed by atoms with van der Waals surface area (Å²) in [5, 5.41) is 21.8. The second-order valence-electron chi connectivity index (χ2n) is 9.13. The molecule has 5 nitrogen and oxygen atoms in total. The van der Waals surface area contributed by atoms with Crippen LogP contribution < -0.4 is 4.74 Å². The van der Waals surface area contributed by atoms with Gasteiger partial charge in [-0.05, 0) is 82.3 Å². The van der Waals surface area contributed by atoms with Crippen LogP contribution in [0.25, 0.3) is 21.9 Å². The Balaban J connectivity index is 1.32. The number of carbonyl (C=O) groups excluding carboxylic acids is 1. The molecule has 0 unspecified atom stereocenters. The molecular formula is C30H29NO4. The predicted molar refractivity (Wildman–Crippen MR) is 138 cm³/mol. The van der Waals surface area contributed by atoms with Crippen molar-refractivity contribution in [2.75, 3.05) is 26.2 Å². The second-order valence-corrected chi connectivity index (χ2v) is 9.13. The summed E-state index contributed by atoms with van der Waals surface area (Å²) in [6.07, 6.45) is 2.30. The summed E-state index contributed by atoms with van der Waals surface area (Å²) >= 11 is 0. The normalized spacial score (nSPS) is 14.0. The zero-order chi connectivity index (χ0) is 24.2. The number of ether oxygens (including phenoxy) is 1. The van der Waals surface area contributed by atoms with E-state index in [-0.39, 0.29) is 11.5 Å². The largest absolute Gasteiger partial charge is 0.508 e. The summed E-state index contributed by atoms with van der Waals surface area (Å²) in [5.74, 6) is 1.66. The van der Waals surface area contributed by atoms with E-state index in [1.54, 1.807) is 24.3 Å². The van der Waals surface area contributed by atoms with Crippen LogP contribution in [0.1, 0.15) is 24.0 Å². The molecule has 4 aromatic carbocycles. The van der Waals surface area contributed by atoms with Gasteiger partial charge in [-0.3, -0.25) is 9.69 Å². The van der Waals surface area contributed by atoms with Crippen molar-refractivity contribution in [1.29, 1.82) is 0 Å². The second kappa shape index (κ2) is 10.2. The maximum absolute atomic E-state index is 11.4. The van der Waals surface area contributed by atoms with Gasteiger partial charge in [-0.2, -0.15) is 0 Å². The van der Waals surface area contributed by atoms with Gasteiger partial charge < -0.3 is 14.9 Å². The Morgan fingerprint density at radius 1 is 0.857 bits per heavy atom. The van der Waals surface area contributed by atoms with Gasteiger partial charge in [-0.15, -0.1) is 0 Å². The van der Waals surface area contributed by atoms with Crippen molar-refractivity contribution >= 4 is 16.6 Å². The lowest BCUT2D eigenvalue weighted by atomic mass is 9.90. The number of hydrogen-bond donors (Lipinski definition) is 2. The highest BCUT2D eigenvalue weighted by molar-refractivity contribution is 5.93. The summed E-state index contributed by atoms with van der Waals surface area (Å²) in [4.78, 5) is 13.6. The molecule has 0 spiro atoms. The number of carbonyl (C=O) groups is 1. The van der Waals surface area contributed by atoms with E-state index < -0.39 is 0 Å². The topological polar surface area (TPSA) is 70.0 Å². The lowest BCUT2D eigenvalue weighted by Gasteiger charge is -2.15. The van der Waals surface area contributed by atoms with Crippen LogP contribution in [-0.2, 0) is 11.2 Å². The van der Waals surface area contributed by atoms with Crippen LogP contribution in [-0.4, -0.2) is 47.1 Å². The first-order chi connectivity index (χ1) is 17.0. The summed E-state index contributed by atoms with van der Waals surface area (Å²) in [5.41, 5.74) is 4.46. The Morgan fingerprint density at radius 3 is 2.37 bits per heavy atom. The predicted octanol–water partition coefficient (Wildman–Crippen LogP) is 5.55. The van der Waals surface area contributed by atoms with Crippen LogP contribution in [0, 0.1) is 0 Å². The lowest BCUT2D eigenvalue weighted by molar-refractivity contribution is -0.116. The van der Waals surface area contributed by atoms with Crippen LogP contribution in [0.3, 0.4) is 0 Å². The van der Waals surface area contributed by atoms with Gasteiger partial charge in [0.15, 0.2) is 0 Å². The van der Waals surface area contributed by atoms with Gasteiger partial charge in [0.1, 0.15) is 23.0 Å². The maximum atomic E-state index is 11.4. The molecule has 1 aliphatic rings. The molecular weight excluding hydrogens is 438 g/mol. The van der Waals surface area contributed by atoms with Gasteiger partial charge in [0, 0.05) is 19.5 Å². The Hall–Kier alpha value is -3.83. The molecule has 1 fully saturated rings. The van der Waals surface area contributed by atoms with Crippen molar-refractivity contribution in [2.24, 2.45) is 0 Å². The zero-order valence-corrected chi connectivity index (χ0v) is 19.6. The van der Waals surface area contributed by atoms with Crippen LogP contribution >= 0.6 is 0 Å². The molecule has 1 aliphatic heterocycles. The van der Waals surface area contributed by atoms with E-state index >= 15 is 0 Å². The van der Waals surface area contributed by atoms with E-state index in [1.807, 2.05) is 36.4 Å². The molecule has 1 saturated heterocycles. The number of nitrogens with zero attached hydrogens (tertiary/aromatic N) is 1. The molecule has 5 heteroatoms. The first-order valence-corrected chi connectivity index (χ1v) is 12.0. The monoisotopic (exact) mass is 467 g/mol. The number of rotatable bonds is 8. The molecule has 0 radical (unpaired) electrons. The quantitative estimate of drug-likeness (QED) is 0.333. The Morgan fingerprint density at radius 2 is 1.63 bits per heavy atom. The minimum absolute atomic E-state index is 0.241. The van der Waals surface area contributed by atoms with E-state index in [9.17, 15) is 15.0 Å². The Kier molecular flexibility index (Phi) is 6.68. The summed E-state index contributed by atoms with van der Waals surface area (Å²) in [7, 11) is 0. The molecule has 0 amide bonds. The molecule has 178 valence electrons. The molecule has 35 heavy (non-hydrogen) atoms. The Bertz CT molecular complexity index is 1330. The third kappa shape index (κ3) is 5.47. The number of hydrogen-bond acceptors (Lipinski definition) is 5. The van der Waals surface area contributed by atoms with Crippen molar-refractivity contribution in [3.05, 3.63) is 90.0 Å². The number of Topliss-reactive ketones (excluding diaryl/α,β-unsaturated/α-hetero) is 1. The van der Waals surface area contributed by atoms with Crippen molar-refractivity contribution in [3.63, 3.8) is 0 Å². The smallest absolute Gasteiger partial charge is 0.148 e. The summed E-state index contributed by atoms with van der Waals surface area (Å²) < 4.78 is 5.92. The molecule has 2 N–H and O–H groups in total. The highest BCUT2D eigenvalue weighted by atomic mass is 16.5. The van der Waals surface area contributed by atoms with Crippen molar-refractivity contribution < 1.29 is 19.7 Å². The number of benzene rings is 4. The van der Waals surface area contributed by atoms with Crippen molar-refractivity contribution in [1.82, 2.24) is 4.90 Å². The molecule has 1 heterocycles. The van der Waals surface area contributed by atoms with E-state index in [0.29, 0.717) is 25.4 Å². The first-order valence-electron chi connectivity index (χ1n) is 12.0. The maximum Gasteiger partial charge on any atom is 0.148 e. The van der Waals surface area contributed by atoms with Crippen molar-refractivity contribution in [2.45, 2.75) is 19.3 Å². The molecule has 0 aromatic heterocycles. The minimum Gasteiger partial charge on any atom is -0.508 e. The fourth-order valence-electron chi connectivity index (χ4n) is 4.75. The minimum atomic E-state index is 0.241. The molecule has 0 bridgehead atoms. The van der Waals surface area contributed by atoms with Gasteiger partial charge in [0.05, 0.1) is 13.2 Å². The van der Waals surface area contributed by atoms with Gasteiger partial charge in [-0.1, -0.05) is 42.5 Å². The van der Waals surface area contributed by atoms with E-state index in [0.717, 1.165) is 59.1 Å². The number of likely N-dealkylation sites (tertiary alicyclic amines) is 1. The standard InChI is InChI=1S/C30H29NO4/c32-24-7-4-22(5-8-24)28-12-6-23-19-25(33)9-13-29(23)30(28)18-21-2-10-27(11-3-21)35-17-1-15-31-16-14-26(34)20-31/h2-13,19,32-33H,1,14-18,20H2. The first kappa shape index (κ1) is 22.9. The molecule has 4 aromatic rings. The molecule has 0 saturated carbocycles. The average Bonchev–Trinajstić information content (AvgIpc) is 3.28. The number of fused-ring (bicyclic) bond motifs is 1. The highest BCUT2D eigenvalue weighted by Crippen LogP contribution is 2.34. The molecule has 0 aliphatic carbocycles. The fourth-order valence-corrected chi connectivity index (χ4v) is 4.75. The van der Waals surface area contributed by atoms with Gasteiger partial charge in [-0.25, -0.2) is 0 Å². The van der Waals surface area contributed by atoms with Gasteiger partial charge in [0.25, 0.3) is 0 Å². The number of aromatic hydroxyl groups is 2. The fraction of sp³-hybridized carbons (Fsp3) is 0.233. The van der Waals surface area contributed by atoms with Gasteiger partial charge >= 0.3 is 0 Å². The van der Waals surface area contributed by atoms with E-state index in [1.165, 1.54) is 5.56 Å². The summed E-state index contributed by atoms with van der Waals surface area (Å²) in [6.45, 7) is 2.96. The van der Waals surface area contributed by atoms with E-state index in [4.69, 9.17) is 4.74 Å². The van der Waals surface area contributed by atoms with Crippen LogP contribution in [0.15, 0.2) is 78.9 Å². The molecule has 5 rings (SSSR count). The zero-order valence-electron chi connectivity index (χ0n) is 19.6. The third-order valence-electron chi connectivity index (χ3n) is 6.59. The summed E-state index contributed by atoms with van der Waals surface area (Å²) in [6, 6.07) is 25.0. The highest BCUT2D eigenvalue weighted by Gasteiger charge is 2.18. The van der Waals surface area contributed by atoms with Crippen LogP contribution in [0.2, 0.25) is 0 Å². The number of phenols is 2.